The average molecular weight is 242 g/mol. The van der Waals surface area contributed by atoms with Crippen molar-refractivity contribution in [3.63, 3.8) is 0 Å². The predicted octanol–water partition coefficient (Wildman–Crippen LogP) is 5.42. The second-order valence-corrected chi connectivity index (χ2v) is 4.33. The summed E-state index contributed by atoms with van der Waals surface area (Å²) in [7, 11) is 0. The van der Waals surface area contributed by atoms with E-state index in [2.05, 4.69) is 0 Å². The van der Waals surface area contributed by atoms with Crippen molar-refractivity contribution >= 4 is 0 Å². The van der Waals surface area contributed by atoms with Crippen LogP contribution in [-0.2, 0) is 0 Å². The Kier molecular flexibility index (Phi) is 7.00. The topological polar surface area (TPSA) is 0 Å². The molecule has 0 amide bonds. The molecule has 0 N–H and O–H groups in total. The van der Waals surface area contributed by atoms with Crippen LogP contribution in [0, 0.1) is 0 Å². The number of alkyl halides is 4. The number of rotatable bonds is 9. The smallest absolute Gasteiger partial charge is 0.207 e. The lowest BCUT2D eigenvalue weighted by atomic mass is 10.0. The van der Waals surface area contributed by atoms with Crippen LogP contribution in [0.3, 0.4) is 0 Å². The fraction of sp³-hybridized carbons (Fsp3) is 1.00. The Balaban J connectivity index is 3.42. The van der Waals surface area contributed by atoms with E-state index in [0.29, 0.717) is 25.7 Å². The summed E-state index contributed by atoms with van der Waals surface area (Å²) >= 11 is 0. The summed E-state index contributed by atoms with van der Waals surface area (Å²) < 4.78 is 51.1. The Bertz CT molecular complexity index is 158. The highest BCUT2D eigenvalue weighted by Crippen LogP contribution is 2.27. The van der Waals surface area contributed by atoms with E-state index in [9.17, 15) is 17.6 Å². The molecule has 4 heteroatoms. The molecule has 0 nitrogen and oxygen atoms in total. The minimum absolute atomic E-state index is 0.117. The van der Waals surface area contributed by atoms with Gasteiger partial charge in [-0.1, -0.05) is 26.7 Å². The Labute approximate surface area is 95.4 Å². The summed E-state index contributed by atoms with van der Waals surface area (Å²) in [5.74, 6) is -5.15. The fourth-order valence-corrected chi connectivity index (χ4v) is 1.47. The van der Waals surface area contributed by atoms with E-state index in [1.165, 1.54) is 13.8 Å². The molecular weight excluding hydrogens is 220 g/mol. The largest absolute Gasteiger partial charge is 0.247 e. The first kappa shape index (κ1) is 15.7. The molecule has 0 bridgehead atoms. The molecule has 0 saturated heterocycles. The van der Waals surface area contributed by atoms with E-state index in [1.54, 1.807) is 0 Å². The van der Waals surface area contributed by atoms with Gasteiger partial charge < -0.3 is 0 Å². The molecule has 16 heavy (non-hydrogen) atoms. The lowest BCUT2D eigenvalue weighted by Gasteiger charge is -2.14. The molecular formula is C12H22F4. The van der Waals surface area contributed by atoms with Gasteiger partial charge in [-0.2, -0.15) is 0 Å². The van der Waals surface area contributed by atoms with Gasteiger partial charge in [-0.15, -0.1) is 0 Å². The van der Waals surface area contributed by atoms with E-state index in [-0.39, 0.29) is 25.7 Å². The maximum atomic E-state index is 12.8. The molecule has 0 atom stereocenters. The predicted molar refractivity (Wildman–Crippen MR) is 58.2 cm³/mol. The first-order chi connectivity index (χ1) is 7.33. The molecule has 0 aliphatic rings. The van der Waals surface area contributed by atoms with Crippen molar-refractivity contribution in [1.29, 1.82) is 0 Å². The second-order valence-electron chi connectivity index (χ2n) is 4.33. The molecule has 0 heterocycles. The quantitative estimate of drug-likeness (QED) is 0.374. The van der Waals surface area contributed by atoms with Crippen molar-refractivity contribution in [2.24, 2.45) is 0 Å². The Morgan fingerprint density at radius 1 is 0.625 bits per heavy atom. The van der Waals surface area contributed by atoms with E-state index in [1.807, 2.05) is 0 Å². The zero-order chi connectivity index (χ0) is 12.7. The van der Waals surface area contributed by atoms with Crippen LogP contribution in [0.1, 0.15) is 65.2 Å². The van der Waals surface area contributed by atoms with Crippen LogP contribution in [0.2, 0.25) is 0 Å². The van der Waals surface area contributed by atoms with Crippen LogP contribution in [0.15, 0.2) is 0 Å². The summed E-state index contributed by atoms with van der Waals surface area (Å²) in [6, 6.07) is 0. The Hall–Kier alpha value is -0.280. The Morgan fingerprint density at radius 3 is 1.19 bits per heavy atom. The lowest BCUT2D eigenvalue weighted by molar-refractivity contribution is -0.0177. The van der Waals surface area contributed by atoms with Crippen LogP contribution in [0.25, 0.3) is 0 Å². The second kappa shape index (κ2) is 7.13. The monoisotopic (exact) mass is 242 g/mol. The van der Waals surface area contributed by atoms with Crippen molar-refractivity contribution in [2.75, 3.05) is 0 Å². The first-order valence-corrected chi connectivity index (χ1v) is 6.08. The fourth-order valence-electron chi connectivity index (χ4n) is 1.47. The van der Waals surface area contributed by atoms with Gasteiger partial charge in [0, 0.05) is 25.7 Å². The Morgan fingerprint density at radius 2 is 0.938 bits per heavy atom. The standard InChI is InChI=1S/C12H22F4/c1-3-11(13,14)9-7-5-6-8-10-12(15,16)4-2/h3-10H2,1-2H3. The van der Waals surface area contributed by atoms with Gasteiger partial charge in [0.25, 0.3) is 0 Å². The average Bonchev–Trinajstić information content (AvgIpc) is 2.23. The van der Waals surface area contributed by atoms with Crippen molar-refractivity contribution in [2.45, 2.75) is 77.1 Å². The molecule has 0 rings (SSSR count). The van der Waals surface area contributed by atoms with Crippen molar-refractivity contribution < 1.29 is 17.6 Å². The molecule has 0 aromatic carbocycles. The summed E-state index contributed by atoms with van der Waals surface area (Å²) in [4.78, 5) is 0. The van der Waals surface area contributed by atoms with Gasteiger partial charge in [-0.05, 0) is 12.8 Å². The number of hydrogen-bond donors (Lipinski definition) is 0. The van der Waals surface area contributed by atoms with Gasteiger partial charge in [0.05, 0.1) is 0 Å². The number of hydrogen-bond acceptors (Lipinski definition) is 0. The van der Waals surface area contributed by atoms with Crippen molar-refractivity contribution in [1.82, 2.24) is 0 Å². The van der Waals surface area contributed by atoms with E-state index in [0.717, 1.165) is 0 Å². The van der Waals surface area contributed by atoms with E-state index < -0.39 is 11.8 Å². The van der Waals surface area contributed by atoms with Crippen molar-refractivity contribution in [3.05, 3.63) is 0 Å². The van der Waals surface area contributed by atoms with Crippen LogP contribution in [0.4, 0.5) is 17.6 Å². The highest BCUT2D eigenvalue weighted by molar-refractivity contribution is 4.65. The van der Waals surface area contributed by atoms with Gasteiger partial charge in [0.15, 0.2) is 0 Å². The maximum absolute atomic E-state index is 12.8. The molecule has 0 aliphatic heterocycles. The highest BCUT2D eigenvalue weighted by atomic mass is 19.3. The maximum Gasteiger partial charge on any atom is 0.247 e. The molecule has 0 aromatic heterocycles. The zero-order valence-electron chi connectivity index (χ0n) is 10.2. The van der Waals surface area contributed by atoms with Gasteiger partial charge >= 0.3 is 0 Å². The van der Waals surface area contributed by atoms with Crippen molar-refractivity contribution in [3.8, 4) is 0 Å². The molecule has 0 aliphatic carbocycles. The van der Waals surface area contributed by atoms with E-state index in [4.69, 9.17) is 0 Å². The van der Waals surface area contributed by atoms with Gasteiger partial charge in [-0.3, -0.25) is 0 Å². The first-order valence-electron chi connectivity index (χ1n) is 6.08. The summed E-state index contributed by atoms with van der Waals surface area (Å²) in [5.41, 5.74) is 0. The number of halogens is 4. The van der Waals surface area contributed by atoms with E-state index >= 15 is 0 Å². The van der Waals surface area contributed by atoms with Gasteiger partial charge in [-0.25, -0.2) is 17.6 Å². The molecule has 0 fully saturated rings. The van der Waals surface area contributed by atoms with Gasteiger partial charge in [0.2, 0.25) is 11.8 Å². The minimum Gasteiger partial charge on any atom is -0.207 e. The third-order valence-electron chi connectivity index (χ3n) is 2.87. The summed E-state index contributed by atoms with van der Waals surface area (Å²) in [5, 5.41) is 0. The normalized spacial score (nSPS) is 13.1. The summed E-state index contributed by atoms with van der Waals surface area (Å²) in [6.07, 6.45) is 1.59. The molecule has 0 saturated carbocycles. The molecule has 0 unspecified atom stereocenters. The molecule has 0 spiro atoms. The van der Waals surface area contributed by atoms with Crippen LogP contribution in [0.5, 0.6) is 0 Å². The number of unbranched alkanes of at least 4 members (excludes halogenated alkanes) is 3. The highest BCUT2D eigenvalue weighted by Gasteiger charge is 2.26. The third-order valence-corrected chi connectivity index (χ3v) is 2.87. The minimum atomic E-state index is -2.58. The molecule has 0 radical (unpaired) electrons. The third kappa shape index (κ3) is 7.94. The molecule has 0 aromatic rings. The van der Waals surface area contributed by atoms with Gasteiger partial charge in [0.1, 0.15) is 0 Å². The zero-order valence-corrected chi connectivity index (χ0v) is 10.2. The molecule has 98 valence electrons. The van der Waals surface area contributed by atoms with Crippen LogP contribution in [-0.4, -0.2) is 11.8 Å². The summed E-state index contributed by atoms with van der Waals surface area (Å²) in [6.45, 7) is 2.92. The lowest BCUT2D eigenvalue weighted by Crippen LogP contribution is -2.14. The SMILES string of the molecule is CCC(F)(F)CCCCCCC(F)(F)CC. The van der Waals surface area contributed by atoms with Crippen LogP contribution >= 0.6 is 0 Å². The van der Waals surface area contributed by atoms with Crippen LogP contribution < -0.4 is 0 Å².